The number of hydrogen-bond acceptors (Lipinski definition) is 7. The van der Waals surface area contributed by atoms with Gasteiger partial charge in [-0.3, -0.25) is 4.79 Å². The molecule has 0 saturated carbocycles. The highest BCUT2D eigenvalue weighted by atomic mass is 35.5. The number of esters is 1. The number of nitrogens with one attached hydrogen (secondary N) is 1. The van der Waals surface area contributed by atoms with Crippen LogP contribution in [0.3, 0.4) is 0 Å². The van der Waals surface area contributed by atoms with Crippen molar-refractivity contribution in [3.8, 4) is 5.75 Å². The van der Waals surface area contributed by atoms with Crippen molar-refractivity contribution in [2.24, 2.45) is 0 Å². The SMILES string of the molecule is COC(=O)C(C)Oc1ccc(NC(=O)c2cc3cc(Cl)ccc3n2S(=O)(=O)c2ccccc2)c(N)c1. The Morgan fingerprint density at radius 3 is 2.42 bits per heavy atom. The number of methoxy groups -OCH3 is 1. The number of amides is 1. The Bertz CT molecular complexity index is 1570. The third kappa shape index (κ3) is 4.86. The zero-order valence-corrected chi connectivity index (χ0v) is 20.8. The molecule has 0 aliphatic carbocycles. The average Bonchev–Trinajstić information content (AvgIpc) is 3.25. The quantitative estimate of drug-likeness (QED) is 0.270. The molecule has 36 heavy (non-hydrogen) atoms. The van der Waals surface area contributed by atoms with E-state index in [-0.39, 0.29) is 22.0 Å². The van der Waals surface area contributed by atoms with E-state index in [1.807, 2.05) is 0 Å². The minimum absolute atomic E-state index is 0.0206. The smallest absolute Gasteiger partial charge is 0.346 e. The fourth-order valence-electron chi connectivity index (χ4n) is 3.61. The third-order valence-electron chi connectivity index (χ3n) is 5.35. The summed E-state index contributed by atoms with van der Waals surface area (Å²) in [6, 6.07) is 18.3. The summed E-state index contributed by atoms with van der Waals surface area (Å²) in [5.41, 5.74) is 6.63. The summed E-state index contributed by atoms with van der Waals surface area (Å²) >= 11 is 6.10. The molecule has 3 aromatic carbocycles. The molecule has 0 fully saturated rings. The van der Waals surface area contributed by atoms with E-state index in [0.717, 1.165) is 3.97 Å². The average molecular weight is 528 g/mol. The highest BCUT2D eigenvalue weighted by Gasteiger charge is 2.27. The fourth-order valence-corrected chi connectivity index (χ4v) is 5.32. The topological polar surface area (TPSA) is 130 Å². The number of aromatic nitrogens is 1. The molecule has 4 aromatic rings. The van der Waals surface area contributed by atoms with Gasteiger partial charge in [0.1, 0.15) is 11.4 Å². The normalized spacial score (nSPS) is 12.2. The van der Waals surface area contributed by atoms with Crippen LogP contribution in [0.25, 0.3) is 10.9 Å². The zero-order chi connectivity index (χ0) is 26.0. The summed E-state index contributed by atoms with van der Waals surface area (Å²) in [5.74, 6) is -0.970. The molecule has 0 aliphatic heterocycles. The Morgan fingerprint density at radius 2 is 1.75 bits per heavy atom. The number of anilines is 2. The second-order valence-corrected chi connectivity index (χ2v) is 10.0. The van der Waals surface area contributed by atoms with Gasteiger partial charge in [0.2, 0.25) is 0 Å². The molecule has 186 valence electrons. The minimum atomic E-state index is -4.13. The maximum atomic E-state index is 13.5. The van der Waals surface area contributed by atoms with E-state index in [1.54, 1.807) is 30.3 Å². The summed E-state index contributed by atoms with van der Waals surface area (Å²) in [6.07, 6.45) is -0.861. The molecule has 1 atom stereocenters. The minimum Gasteiger partial charge on any atom is -0.479 e. The summed E-state index contributed by atoms with van der Waals surface area (Å²) < 4.78 is 38.2. The second-order valence-electron chi connectivity index (χ2n) is 7.80. The van der Waals surface area contributed by atoms with Crippen LogP contribution in [0.1, 0.15) is 17.4 Å². The lowest BCUT2D eigenvalue weighted by atomic mass is 10.2. The van der Waals surface area contributed by atoms with Crippen LogP contribution in [0.15, 0.2) is 77.7 Å². The van der Waals surface area contributed by atoms with E-state index in [4.69, 9.17) is 22.1 Å². The van der Waals surface area contributed by atoms with Gasteiger partial charge in [-0.25, -0.2) is 17.2 Å². The highest BCUT2D eigenvalue weighted by molar-refractivity contribution is 7.90. The first-order chi connectivity index (χ1) is 17.1. The van der Waals surface area contributed by atoms with Crippen molar-refractivity contribution in [1.29, 1.82) is 0 Å². The molecule has 11 heteroatoms. The molecule has 1 unspecified atom stereocenters. The van der Waals surface area contributed by atoms with Gasteiger partial charge < -0.3 is 20.5 Å². The first-order valence-corrected chi connectivity index (χ1v) is 12.5. The van der Waals surface area contributed by atoms with Gasteiger partial charge in [-0.2, -0.15) is 0 Å². The lowest BCUT2D eigenvalue weighted by Gasteiger charge is -2.15. The Hall–Kier alpha value is -4.02. The van der Waals surface area contributed by atoms with Crippen LogP contribution in [-0.4, -0.2) is 37.5 Å². The van der Waals surface area contributed by atoms with Crippen molar-refractivity contribution in [1.82, 2.24) is 3.97 Å². The van der Waals surface area contributed by atoms with Crippen LogP contribution in [0, 0.1) is 0 Å². The number of rotatable bonds is 7. The van der Waals surface area contributed by atoms with Gasteiger partial charge in [0.25, 0.3) is 15.9 Å². The maximum absolute atomic E-state index is 13.5. The van der Waals surface area contributed by atoms with Crippen LogP contribution in [0.4, 0.5) is 11.4 Å². The standard InChI is InChI=1S/C25H22ClN3O6S/c1-15(25(31)34-2)35-18-9-10-21(20(27)14-18)28-24(30)23-13-16-12-17(26)8-11-22(16)29(23)36(32,33)19-6-4-3-5-7-19/h3-15H,27H2,1-2H3,(H,28,30). The number of carbonyl (C=O) groups excluding carboxylic acids is 2. The summed E-state index contributed by atoms with van der Waals surface area (Å²) in [5, 5.41) is 3.52. The van der Waals surface area contributed by atoms with Gasteiger partial charge in [-0.1, -0.05) is 29.8 Å². The summed E-state index contributed by atoms with van der Waals surface area (Å²) in [4.78, 5) is 24.9. The fraction of sp³-hybridized carbons (Fsp3) is 0.120. The molecule has 0 bridgehead atoms. The van der Waals surface area contributed by atoms with E-state index in [1.165, 1.54) is 56.5 Å². The number of carbonyl (C=O) groups is 2. The van der Waals surface area contributed by atoms with E-state index >= 15 is 0 Å². The molecule has 3 N–H and O–H groups in total. The Kier molecular flexibility index (Phi) is 6.91. The Morgan fingerprint density at radius 1 is 1.03 bits per heavy atom. The monoisotopic (exact) mass is 527 g/mol. The number of nitrogens with two attached hydrogens (primary N) is 1. The third-order valence-corrected chi connectivity index (χ3v) is 7.33. The second kappa shape index (κ2) is 9.92. The number of nitrogens with zero attached hydrogens (tertiary/aromatic N) is 1. The summed E-state index contributed by atoms with van der Waals surface area (Å²) in [6.45, 7) is 1.52. The van der Waals surface area contributed by atoms with Gasteiger partial charge in [-0.05, 0) is 55.5 Å². The molecule has 0 spiro atoms. The number of fused-ring (bicyclic) bond motifs is 1. The Labute approximate surface area is 212 Å². The molecule has 1 amide bonds. The van der Waals surface area contributed by atoms with Crippen LogP contribution in [0.2, 0.25) is 5.02 Å². The highest BCUT2D eigenvalue weighted by Crippen LogP contribution is 2.30. The molecule has 0 saturated heterocycles. The molecule has 1 aromatic heterocycles. The van der Waals surface area contributed by atoms with Crippen LogP contribution in [0.5, 0.6) is 5.75 Å². The first kappa shape index (κ1) is 25.1. The molecule has 0 aliphatic rings. The molecular weight excluding hydrogens is 506 g/mol. The number of halogens is 1. The summed E-state index contributed by atoms with van der Waals surface area (Å²) in [7, 11) is -2.88. The van der Waals surface area contributed by atoms with Gasteiger partial charge in [0.05, 0.1) is 28.9 Å². The predicted molar refractivity (Wildman–Crippen MR) is 137 cm³/mol. The maximum Gasteiger partial charge on any atom is 0.346 e. The number of hydrogen-bond donors (Lipinski definition) is 2. The van der Waals surface area contributed by atoms with Gasteiger partial charge in [0, 0.05) is 16.5 Å². The van der Waals surface area contributed by atoms with Crippen LogP contribution < -0.4 is 15.8 Å². The van der Waals surface area contributed by atoms with Crippen molar-refractivity contribution in [3.63, 3.8) is 0 Å². The predicted octanol–water partition coefficient (Wildman–Crippen LogP) is 4.31. The van der Waals surface area contributed by atoms with E-state index in [2.05, 4.69) is 10.1 Å². The Balaban J connectivity index is 1.71. The molecule has 4 rings (SSSR count). The van der Waals surface area contributed by atoms with E-state index in [9.17, 15) is 18.0 Å². The van der Waals surface area contributed by atoms with Crippen molar-refractivity contribution < 1.29 is 27.5 Å². The van der Waals surface area contributed by atoms with Gasteiger partial charge >= 0.3 is 5.97 Å². The number of benzene rings is 3. The van der Waals surface area contributed by atoms with Crippen molar-refractivity contribution in [2.75, 3.05) is 18.2 Å². The largest absolute Gasteiger partial charge is 0.479 e. The molecular formula is C25H22ClN3O6S. The van der Waals surface area contributed by atoms with Crippen molar-refractivity contribution >= 4 is 55.8 Å². The lowest BCUT2D eigenvalue weighted by molar-refractivity contribution is -0.147. The van der Waals surface area contributed by atoms with Gasteiger partial charge in [0.15, 0.2) is 6.10 Å². The lowest BCUT2D eigenvalue weighted by Crippen LogP contribution is -2.25. The van der Waals surface area contributed by atoms with Crippen LogP contribution >= 0.6 is 11.6 Å². The molecule has 0 radical (unpaired) electrons. The van der Waals surface area contributed by atoms with Crippen molar-refractivity contribution in [3.05, 3.63) is 83.5 Å². The van der Waals surface area contributed by atoms with E-state index < -0.39 is 28.0 Å². The molecule has 9 nitrogen and oxygen atoms in total. The van der Waals surface area contributed by atoms with Crippen molar-refractivity contribution in [2.45, 2.75) is 17.9 Å². The van der Waals surface area contributed by atoms with Gasteiger partial charge in [-0.15, -0.1) is 0 Å². The number of nitrogen functional groups attached to an aromatic ring is 1. The van der Waals surface area contributed by atoms with E-state index in [0.29, 0.717) is 21.7 Å². The molecule has 1 heterocycles. The first-order valence-electron chi connectivity index (χ1n) is 10.7. The zero-order valence-electron chi connectivity index (χ0n) is 19.3. The number of ether oxygens (including phenoxy) is 2. The van der Waals surface area contributed by atoms with Crippen LogP contribution in [-0.2, 0) is 19.6 Å².